The number of hydrogen-bond acceptors (Lipinski definition) is 6. The molecular formula is C33H46N2O5S. The zero-order chi connectivity index (χ0) is 30.1. The first kappa shape index (κ1) is 31.4. The number of aliphatic hydroxyl groups is 1. The Morgan fingerprint density at radius 1 is 1.24 bits per heavy atom. The van der Waals surface area contributed by atoms with Crippen molar-refractivity contribution < 1.29 is 24.2 Å². The molecule has 0 radical (unpaired) electrons. The van der Waals surface area contributed by atoms with Crippen molar-refractivity contribution in [2.75, 3.05) is 24.7 Å². The molecule has 8 heteroatoms. The highest BCUT2D eigenvalue weighted by Crippen LogP contribution is 2.72. The number of aliphatic hydroxyl groups excluding tert-OH is 1. The first-order chi connectivity index (χ1) is 19.5. The van der Waals surface area contributed by atoms with Crippen molar-refractivity contribution in [3.8, 4) is 0 Å². The van der Waals surface area contributed by atoms with E-state index in [9.17, 15) is 19.5 Å². The third-order valence-electron chi connectivity index (χ3n) is 9.63. The van der Waals surface area contributed by atoms with Crippen molar-refractivity contribution in [2.45, 2.75) is 88.3 Å². The number of likely N-dealkylation sites (tertiary alicyclic amines) is 1. The van der Waals surface area contributed by atoms with E-state index in [1.54, 1.807) is 33.7 Å². The number of esters is 1. The molecule has 3 saturated heterocycles. The molecule has 0 saturated carbocycles. The Balaban J connectivity index is 1.84. The molecular weight excluding hydrogens is 536 g/mol. The minimum atomic E-state index is -0.824. The summed E-state index contributed by atoms with van der Waals surface area (Å²) in [4.78, 5) is 46.6. The van der Waals surface area contributed by atoms with Gasteiger partial charge in [-0.05, 0) is 63.5 Å². The summed E-state index contributed by atoms with van der Waals surface area (Å²) in [6.07, 6.45) is 7.01. The van der Waals surface area contributed by atoms with Crippen LogP contribution in [0.4, 0.5) is 5.69 Å². The van der Waals surface area contributed by atoms with E-state index in [1.807, 2.05) is 52.8 Å². The van der Waals surface area contributed by atoms with Gasteiger partial charge in [-0.2, -0.15) is 0 Å². The fourth-order valence-electron chi connectivity index (χ4n) is 7.46. The van der Waals surface area contributed by atoms with Gasteiger partial charge in [-0.1, -0.05) is 50.6 Å². The molecule has 2 bridgehead atoms. The molecule has 41 heavy (non-hydrogen) atoms. The van der Waals surface area contributed by atoms with Crippen molar-refractivity contribution >= 4 is 35.2 Å². The van der Waals surface area contributed by atoms with Gasteiger partial charge >= 0.3 is 5.97 Å². The Morgan fingerprint density at radius 3 is 2.51 bits per heavy atom. The van der Waals surface area contributed by atoms with E-state index in [0.29, 0.717) is 19.3 Å². The lowest BCUT2D eigenvalue weighted by Crippen LogP contribution is -2.59. The van der Waals surface area contributed by atoms with E-state index in [-0.39, 0.29) is 43.5 Å². The number of unbranched alkanes of at least 4 members (excludes halogenated alkanes) is 1. The highest BCUT2D eigenvalue weighted by Gasteiger charge is 2.78. The number of fused-ring (bicyclic) bond motifs is 1. The van der Waals surface area contributed by atoms with E-state index in [1.165, 1.54) is 0 Å². The van der Waals surface area contributed by atoms with E-state index >= 15 is 0 Å². The van der Waals surface area contributed by atoms with Crippen molar-refractivity contribution in [1.82, 2.24) is 4.90 Å². The molecule has 3 fully saturated rings. The van der Waals surface area contributed by atoms with Crippen molar-refractivity contribution in [2.24, 2.45) is 17.8 Å². The van der Waals surface area contributed by atoms with Gasteiger partial charge in [-0.3, -0.25) is 14.4 Å². The van der Waals surface area contributed by atoms with E-state index in [0.717, 1.165) is 29.7 Å². The zero-order valence-corrected chi connectivity index (χ0v) is 26.0. The summed E-state index contributed by atoms with van der Waals surface area (Å²) in [5.74, 6) is -2.14. The largest absolute Gasteiger partial charge is 0.465 e. The van der Waals surface area contributed by atoms with E-state index in [2.05, 4.69) is 13.2 Å². The molecule has 224 valence electrons. The number of allylic oxidation sites excluding steroid dienone is 1. The Kier molecular flexibility index (Phi) is 9.44. The van der Waals surface area contributed by atoms with Gasteiger partial charge in [-0.15, -0.1) is 24.9 Å². The fourth-order valence-corrected chi connectivity index (χ4v) is 9.79. The maximum Gasteiger partial charge on any atom is 0.311 e. The quantitative estimate of drug-likeness (QED) is 0.195. The van der Waals surface area contributed by atoms with Gasteiger partial charge in [-0.25, -0.2) is 0 Å². The first-order valence-electron chi connectivity index (χ1n) is 14.9. The molecule has 1 spiro atoms. The minimum Gasteiger partial charge on any atom is -0.465 e. The summed E-state index contributed by atoms with van der Waals surface area (Å²) in [5.41, 5.74) is 2.74. The summed E-state index contributed by atoms with van der Waals surface area (Å²) >= 11 is 1.63. The van der Waals surface area contributed by atoms with E-state index < -0.39 is 33.4 Å². The zero-order valence-electron chi connectivity index (χ0n) is 25.2. The van der Waals surface area contributed by atoms with E-state index in [4.69, 9.17) is 4.74 Å². The minimum absolute atomic E-state index is 0.0374. The number of anilines is 1. The van der Waals surface area contributed by atoms with Gasteiger partial charge in [0.05, 0.1) is 35.8 Å². The second-order valence-electron chi connectivity index (χ2n) is 12.2. The van der Waals surface area contributed by atoms with Crippen LogP contribution in [-0.4, -0.2) is 69.1 Å². The number of nitrogens with zero attached hydrogens (tertiary/aromatic N) is 2. The van der Waals surface area contributed by atoms with Crippen LogP contribution < -0.4 is 4.90 Å². The highest BCUT2D eigenvalue weighted by atomic mass is 32.2. The molecule has 7 nitrogen and oxygen atoms in total. The van der Waals surface area contributed by atoms with Crippen LogP contribution in [0.3, 0.4) is 0 Å². The molecule has 7 atom stereocenters. The predicted octanol–water partition coefficient (Wildman–Crippen LogP) is 5.22. The number of carbonyl (C=O) groups is 3. The van der Waals surface area contributed by atoms with Crippen LogP contribution in [0.5, 0.6) is 0 Å². The molecule has 2 amide bonds. The summed E-state index contributed by atoms with van der Waals surface area (Å²) in [7, 11) is 0. The molecule has 3 heterocycles. The summed E-state index contributed by atoms with van der Waals surface area (Å²) in [6.45, 7) is 18.0. The van der Waals surface area contributed by atoms with Crippen molar-refractivity contribution in [3.05, 3.63) is 54.6 Å². The lowest BCUT2D eigenvalue weighted by Gasteiger charge is -2.41. The van der Waals surface area contributed by atoms with Gasteiger partial charge in [0.2, 0.25) is 5.91 Å². The molecule has 1 aromatic rings. The number of carbonyl (C=O) groups excluding carboxylic acids is 3. The Bertz CT molecular complexity index is 1180. The summed E-state index contributed by atoms with van der Waals surface area (Å²) < 4.78 is 4.45. The number of benzene rings is 1. The number of amides is 2. The van der Waals surface area contributed by atoms with Crippen LogP contribution in [0.25, 0.3) is 0 Å². The van der Waals surface area contributed by atoms with Crippen molar-refractivity contribution in [1.29, 1.82) is 0 Å². The average molecular weight is 583 g/mol. The molecule has 1 N–H and O–H groups in total. The topological polar surface area (TPSA) is 87.1 Å². The Morgan fingerprint density at radius 2 is 1.93 bits per heavy atom. The Labute approximate surface area is 249 Å². The molecule has 3 aliphatic heterocycles. The lowest BCUT2D eigenvalue weighted by molar-refractivity contribution is -0.156. The van der Waals surface area contributed by atoms with Gasteiger partial charge in [0.25, 0.3) is 5.91 Å². The van der Waals surface area contributed by atoms with Crippen LogP contribution in [0.2, 0.25) is 0 Å². The lowest BCUT2D eigenvalue weighted by atomic mass is 9.66. The van der Waals surface area contributed by atoms with Crippen LogP contribution in [0, 0.1) is 31.6 Å². The highest BCUT2D eigenvalue weighted by molar-refractivity contribution is 8.02. The van der Waals surface area contributed by atoms with Gasteiger partial charge in [0.1, 0.15) is 6.04 Å². The summed E-state index contributed by atoms with van der Waals surface area (Å²) in [5, 5.41) is 10.6. The maximum atomic E-state index is 14.9. The van der Waals surface area contributed by atoms with Crippen molar-refractivity contribution in [3.63, 3.8) is 0 Å². The van der Waals surface area contributed by atoms with Crippen LogP contribution in [0.15, 0.2) is 43.5 Å². The second-order valence-corrected chi connectivity index (χ2v) is 14.1. The third kappa shape index (κ3) is 5.16. The standard InChI is InChI=1S/C33H46N2O5S/c1-8-11-12-19-40-31(39)26-25-29(37)35(24(20-36)21(4)10-3)28(33(25)17-16-32(26,7)41-33)30(38)34(18-9-2)27-22(5)14-13-15-23(27)6/h8-9,13-15,21,24-26,28,36H,1-2,10-12,16-20H2,3-7H3/t21-,24-,25-,26-,28?,32+,33?/m0/s1. The number of thioether (sulfide) groups is 1. The number of ether oxygens (including phenoxy) is 1. The number of para-hydroxylation sites is 1. The Hall–Kier alpha value is -2.58. The fraction of sp³-hybridized carbons (Fsp3) is 0.606. The smallest absolute Gasteiger partial charge is 0.311 e. The molecule has 3 aliphatic rings. The molecule has 4 rings (SSSR count). The predicted molar refractivity (Wildman–Crippen MR) is 165 cm³/mol. The molecule has 0 aliphatic carbocycles. The molecule has 2 unspecified atom stereocenters. The monoisotopic (exact) mass is 582 g/mol. The van der Waals surface area contributed by atoms with Crippen LogP contribution in [0.1, 0.15) is 64.0 Å². The first-order valence-corrected chi connectivity index (χ1v) is 15.7. The molecule has 0 aromatic heterocycles. The molecule has 1 aromatic carbocycles. The van der Waals surface area contributed by atoms with Gasteiger partial charge in [0.15, 0.2) is 0 Å². The second kappa shape index (κ2) is 12.3. The maximum absolute atomic E-state index is 14.9. The van der Waals surface area contributed by atoms with Gasteiger partial charge < -0.3 is 19.6 Å². The van der Waals surface area contributed by atoms with Crippen LogP contribution >= 0.6 is 11.8 Å². The third-order valence-corrected chi connectivity index (χ3v) is 11.6. The average Bonchev–Trinajstić information content (AvgIpc) is 3.51. The normalized spacial score (nSPS) is 29.7. The number of aryl methyl sites for hydroxylation is 2. The number of rotatable bonds is 13. The number of hydrogen-bond donors (Lipinski definition) is 1. The van der Waals surface area contributed by atoms with Crippen LogP contribution in [-0.2, 0) is 19.1 Å². The van der Waals surface area contributed by atoms with Gasteiger partial charge in [0, 0.05) is 17.0 Å². The SMILES string of the molecule is C=CCCCOC(=O)[C@@H]1[C@H]2C(=O)N([C@@H](CO)[C@@H](C)CC)C(C(=O)N(CC=C)c3c(C)cccc3C)C23CC[C@@]1(C)S3. The summed E-state index contributed by atoms with van der Waals surface area (Å²) in [6, 6.07) is 4.57.